The number of hydrogen-bond acceptors (Lipinski definition) is 10. The fraction of sp³-hybridized carbons (Fsp3) is 0.561. The van der Waals surface area contributed by atoms with Crippen LogP contribution in [0.4, 0.5) is 8.78 Å². The van der Waals surface area contributed by atoms with Crippen LogP contribution >= 0.6 is 0 Å². The SMILES string of the molecule is O=C(N[C@@H](C(=O)N1CCN(CC2CCN(CC(=O)N3CCN(C(=O)c4cc(Cc5n[nH]c(=O)c6ccccc56)ccc4F)CC3)CC2)CC1)C1CCCCC1)c1cccc(C2CCCN(C(=O)CNC3CC3)C2)c1F. The van der Waals surface area contributed by atoms with Crippen molar-refractivity contribution in [2.24, 2.45) is 11.8 Å². The molecule has 2 aliphatic carbocycles. The first-order valence-electron chi connectivity index (χ1n) is 27.6. The highest BCUT2D eigenvalue weighted by Crippen LogP contribution is 2.32. The summed E-state index contributed by atoms with van der Waals surface area (Å²) in [5.74, 6) is -1.99. The van der Waals surface area contributed by atoms with Crippen LogP contribution in [-0.2, 0) is 20.8 Å². The second-order valence-electron chi connectivity index (χ2n) is 21.9. The number of rotatable bonds is 15. The number of aromatic amines is 1. The summed E-state index contributed by atoms with van der Waals surface area (Å²) in [6.45, 7) is 8.06. The highest BCUT2D eigenvalue weighted by atomic mass is 19.1. The van der Waals surface area contributed by atoms with Crippen LogP contribution in [0.3, 0.4) is 0 Å². The van der Waals surface area contributed by atoms with E-state index >= 15 is 8.78 Å². The molecule has 2 saturated carbocycles. The Hall–Kier alpha value is -6.11. The second kappa shape index (κ2) is 23.8. The van der Waals surface area contributed by atoms with E-state index in [1.165, 1.54) is 12.1 Å². The van der Waals surface area contributed by atoms with Crippen molar-refractivity contribution in [2.45, 2.75) is 95.1 Å². The number of piperidine rings is 2. The molecule has 3 N–H and O–H groups in total. The minimum absolute atomic E-state index is 0.0187. The Labute approximate surface area is 437 Å². The van der Waals surface area contributed by atoms with Gasteiger partial charge in [0, 0.05) is 95.8 Å². The third-order valence-electron chi connectivity index (χ3n) is 16.9. The van der Waals surface area contributed by atoms with Gasteiger partial charge in [0.25, 0.3) is 17.4 Å². The predicted molar refractivity (Wildman–Crippen MR) is 280 cm³/mol. The second-order valence-corrected chi connectivity index (χ2v) is 21.9. The van der Waals surface area contributed by atoms with Crippen LogP contribution in [0.2, 0.25) is 0 Å². The molecule has 4 aromatic rings. The zero-order chi connectivity index (χ0) is 52.0. The molecule has 6 aliphatic rings. The van der Waals surface area contributed by atoms with E-state index in [1.54, 1.807) is 46.2 Å². The van der Waals surface area contributed by atoms with E-state index in [0.717, 1.165) is 103 Å². The van der Waals surface area contributed by atoms with Crippen molar-refractivity contribution in [1.82, 2.24) is 50.2 Å². The lowest BCUT2D eigenvalue weighted by Gasteiger charge is -2.41. The van der Waals surface area contributed by atoms with Gasteiger partial charge in [-0.25, -0.2) is 13.9 Å². The molecule has 0 bridgehead atoms. The van der Waals surface area contributed by atoms with Gasteiger partial charge < -0.3 is 30.2 Å². The van der Waals surface area contributed by atoms with Crippen LogP contribution in [0.1, 0.15) is 114 Å². The fourth-order valence-electron chi connectivity index (χ4n) is 12.2. The van der Waals surface area contributed by atoms with Gasteiger partial charge in [0.05, 0.1) is 35.3 Å². The molecule has 18 heteroatoms. The predicted octanol–water partition coefficient (Wildman–Crippen LogP) is 4.77. The average molecular weight is 1030 g/mol. The molecule has 5 amide bonds. The van der Waals surface area contributed by atoms with Crippen LogP contribution < -0.4 is 16.2 Å². The first kappa shape index (κ1) is 52.3. The lowest BCUT2D eigenvalue weighted by Crippen LogP contribution is -2.57. The van der Waals surface area contributed by atoms with Crippen molar-refractivity contribution in [3.05, 3.63) is 111 Å². The molecule has 4 aliphatic heterocycles. The number of nitrogens with one attached hydrogen (secondary N) is 3. The maximum Gasteiger partial charge on any atom is 0.272 e. The smallest absolute Gasteiger partial charge is 0.272 e. The highest BCUT2D eigenvalue weighted by Gasteiger charge is 2.37. The largest absolute Gasteiger partial charge is 0.341 e. The number of benzene rings is 3. The van der Waals surface area contributed by atoms with Crippen LogP contribution in [0, 0.1) is 23.5 Å². The van der Waals surface area contributed by atoms with Crippen LogP contribution in [-0.4, -0.2) is 179 Å². The number of H-pyrrole nitrogens is 1. The maximum atomic E-state index is 16.4. The first-order valence-corrected chi connectivity index (χ1v) is 27.6. The summed E-state index contributed by atoms with van der Waals surface area (Å²) in [4.78, 5) is 92.5. The van der Waals surface area contributed by atoms with Gasteiger partial charge in [0.1, 0.15) is 17.7 Å². The molecule has 400 valence electrons. The average Bonchev–Trinajstić information content (AvgIpc) is 4.29. The van der Waals surface area contributed by atoms with Crippen molar-refractivity contribution >= 4 is 40.3 Å². The molecular weight excluding hydrogens is 959 g/mol. The van der Waals surface area contributed by atoms with Crippen LogP contribution in [0.15, 0.2) is 65.5 Å². The molecule has 6 fully saturated rings. The molecule has 16 nitrogen and oxygen atoms in total. The minimum Gasteiger partial charge on any atom is -0.341 e. The molecule has 1 aromatic heterocycles. The van der Waals surface area contributed by atoms with Crippen molar-refractivity contribution < 1.29 is 32.8 Å². The number of hydrogen-bond donors (Lipinski definition) is 3. The number of fused-ring (bicyclic) bond motifs is 1. The number of likely N-dealkylation sites (tertiary alicyclic amines) is 2. The first-order chi connectivity index (χ1) is 36.4. The van der Waals surface area contributed by atoms with E-state index in [4.69, 9.17) is 0 Å². The molecule has 10 rings (SSSR count). The Kier molecular flexibility index (Phi) is 16.6. The number of amides is 5. The van der Waals surface area contributed by atoms with Gasteiger partial charge in [-0.1, -0.05) is 55.7 Å². The monoisotopic (exact) mass is 1030 g/mol. The highest BCUT2D eigenvalue weighted by molar-refractivity contribution is 5.98. The molecular formula is C57H72F2N10O6. The van der Waals surface area contributed by atoms with Crippen molar-refractivity contribution in [3.8, 4) is 0 Å². The van der Waals surface area contributed by atoms with Crippen molar-refractivity contribution in [1.29, 1.82) is 0 Å². The Morgan fingerprint density at radius 1 is 0.667 bits per heavy atom. The number of halogens is 2. The van der Waals surface area contributed by atoms with Gasteiger partial charge in [-0.3, -0.25) is 38.6 Å². The van der Waals surface area contributed by atoms with Gasteiger partial charge in [-0.2, -0.15) is 5.10 Å². The zero-order valence-corrected chi connectivity index (χ0v) is 43.1. The van der Waals surface area contributed by atoms with Crippen LogP contribution in [0.25, 0.3) is 10.8 Å². The Bertz CT molecular complexity index is 2780. The van der Waals surface area contributed by atoms with E-state index in [-0.39, 0.29) is 46.2 Å². The van der Waals surface area contributed by atoms with Crippen LogP contribution in [0.5, 0.6) is 0 Å². The maximum absolute atomic E-state index is 16.4. The number of piperazine rings is 2. The zero-order valence-electron chi connectivity index (χ0n) is 43.1. The van der Waals surface area contributed by atoms with E-state index in [1.807, 2.05) is 21.9 Å². The quantitative estimate of drug-likeness (QED) is 0.151. The van der Waals surface area contributed by atoms with Crippen molar-refractivity contribution in [2.75, 3.05) is 98.2 Å². The molecule has 75 heavy (non-hydrogen) atoms. The Morgan fingerprint density at radius 3 is 2.13 bits per heavy atom. The summed E-state index contributed by atoms with van der Waals surface area (Å²) >= 11 is 0. The molecule has 2 atom stereocenters. The van der Waals surface area contributed by atoms with E-state index < -0.39 is 29.5 Å². The van der Waals surface area contributed by atoms with E-state index in [0.29, 0.717) is 111 Å². The number of carbonyl (C=O) groups excluding carboxylic acids is 5. The summed E-state index contributed by atoms with van der Waals surface area (Å²) in [7, 11) is 0. The lowest BCUT2D eigenvalue weighted by atomic mass is 9.83. The van der Waals surface area contributed by atoms with Gasteiger partial charge in [0.15, 0.2) is 0 Å². The standard InChI is InChI=1S/C57H72F2N10O6/c58-48-18-15-39(33-49-44-11-4-5-12-45(44)55(73)63-62-49)32-47(48)56(74)67-30-28-66(29-31-67)51(71)37-64-22-19-38(20-23-64)35-65-24-26-68(27-25-65)57(75)53(40-8-2-1-3-9-40)61-54(72)46-14-6-13-43(52(46)59)41-10-7-21-69(36-41)50(70)34-60-42-16-17-42/h4-6,11-15,18,32,38,40-42,53,60H,1-3,7-10,16-17,19-31,33-37H2,(H,61,72)(H,63,73)/t41?,53-/m1/s1. The Balaban J connectivity index is 0.661. The number of carbonyl (C=O) groups is 5. The number of aromatic nitrogens is 2. The molecule has 5 heterocycles. The Morgan fingerprint density at radius 2 is 1.39 bits per heavy atom. The van der Waals surface area contributed by atoms with Gasteiger partial charge >= 0.3 is 0 Å². The summed E-state index contributed by atoms with van der Waals surface area (Å²) < 4.78 is 31.5. The molecule has 4 saturated heterocycles. The summed E-state index contributed by atoms with van der Waals surface area (Å²) in [6.07, 6.45) is 10.6. The summed E-state index contributed by atoms with van der Waals surface area (Å²) in [5.41, 5.74) is 1.38. The number of nitrogens with zero attached hydrogens (tertiary/aromatic N) is 7. The molecule has 1 unspecified atom stereocenters. The van der Waals surface area contributed by atoms with Gasteiger partial charge in [-0.15, -0.1) is 0 Å². The topological polar surface area (TPSA) is 175 Å². The third-order valence-corrected chi connectivity index (χ3v) is 16.9. The molecule has 3 aromatic carbocycles. The third kappa shape index (κ3) is 12.6. The van der Waals surface area contributed by atoms with Crippen molar-refractivity contribution in [3.63, 3.8) is 0 Å². The molecule has 0 radical (unpaired) electrons. The molecule has 0 spiro atoms. The fourth-order valence-corrected chi connectivity index (χ4v) is 12.2. The normalized spacial score (nSPS) is 21.1. The summed E-state index contributed by atoms with van der Waals surface area (Å²) in [6, 6.07) is 16.3. The van der Waals surface area contributed by atoms with E-state index in [9.17, 15) is 28.8 Å². The minimum atomic E-state index is -0.735. The van der Waals surface area contributed by atoms with E-state index in [2.05, 4.69) is 30.6 Å². The van der Waals surface area contributed by atoms with Gasteiger partial charge in [0.2, 0.25) is 17.7 Å². The van der Waals surface area contributed by atoms with Gasteiger partial charge in [-0.05, 0) is 112 Å². The summed E-state index contributed by atoms with van der Waals surface area (Å²) in [5, 5.41) is 14.3. The lowest BCUT2D eigenvalue weighted by molar-refractivity contribution is -0.137.